The van der Waals surface area contributed by atoms with Crippen molar-refractivity contribution >= 4 is 39.7 Å². The third kappa shape index (κ3) is 6.34. The van der Waals surface area contributed by atoms with Crippen molar-refractivity contribution in [2.75, 3.05) is 0 Å². The van der Waals surface area contributed by atoms with E-state index in [0.29, 0.717) is 17.8 Å². The second kappa shape index (κ2) is 12.2. The number of benzene rings is 3. The minimum absolute atomic E-state index is 0.0256. The summed E-state index contributed by atoms with van der Waals surface area (Å²) in [6, 6.07) is 25.7. The van der Waals surface area contributed by atoms with E-state index in [-0.39, 0.29) is 4.09 Å². The van der Waals surface area contributed by atoms with Crippen molar-refractivity contribution in [3.8, 4) is 0 Å². The second-order valence-electron chi connectivity index (χ2n) is 11.2. The molecule has 0 saturated carbocycles. The Hall–Kier alpha value is -1.15. The Bertz CT molecular complexity index is 1050. The van der Waals surface area contributed by atoms with Crippen LogP contribution in [0.1, 0.15) is 92.7 Å². The first-order chi connectivity index (χ1) is 16.2. The Kier molecular flexibility index (Phi) is 9.85. The second-order valence-corrected chi connectivity index (χ2v) is 11.2. The minimum atomic E-state index is -0.0256. The van der Waals surface area contributed by atoms with E-state index in [1.807, 2.05) is 0 Å². The monoisotopic (exact) mass is 438 g/mol. The zero-order valence-corrected chi connectivity index (χ0v) is 22.9. The molecule has 0 radical (unpaired) electrons. The molecule has 0 amide bonds. The van der Waals surface area contributed by atoms with Gasteiger partial charge in [0.05, 0.1) is 0 Å². The molecule has 0 bridgehead atoms. The molecular formula is C32H40Li2. The van der Waals surface area contributed by atoms with Gasteiger partial charge in [0.25, 0.3) is 0 Å². The van der Waals surface area contributed by atoms with Gasteiger partial charge in [-0.3, -0.25) is 0 Å². The van der Waals surface area contributed by atoms with Gasteiger partial charge in [-0.05, 0) is 0 Å². The third-order valence-electron chi connectivity index (χ3n) is 8.19. The van der Waals surface area contributed by atoms with Crippen molar-refractivity contribution < 1.29 is 0 Å². The molecule has 0 aromatic heterocycles. The fourth-order valence-electron chi connectivity index (χ4n) is 5.67. The average Bonchev–Trinajstić information content (AvgIpc) is 2.83. The SMILES string of the molecule is [Li][c]1cccc(C(CC(C)CC)c2ccc(C)cc2)c1[C]([Li])(CC(C)CC)c1ccc(C)cc1. The van der Waals surface area contributed by atoms with Crippen LogP contribution >= 0.6 is 0 Å². The summed E-state index contributed by atoms with van der Waals surface area (Å²) in [6.45, 7) is 13.9. The maximum absolute atomic E-state index is 2.51. The van der Waals surface area contributed by atoms with Gasteiger partial charge in [-0.25, -0.2) is 0 Å². The summed E-state index contributed by atoms with van der Waals surface area (Å²) in [5.41, 5.74) is 8.63. The average molecular weight is 439 g/mol. The van der Waals surface area contributed by atoms with E-state index in [1.165, 1.54) is 51.3 Å². The third-order valence-corrected chi connectivity index (χ3v) is 8.19. The van der Waals surface area contributed by atoms with Gasteiger partial charge in [-0.1, -0.05) is 0 Å². The number of hydrogen-bond donors (Lipinski definition) is 0. The van der Waals surface area contributed by atoms with Crippen LogP contribution in [0.2, 0.25) is 0 Å². The van der Waals surface area contributed by atoms with E-state index in [1.54, 1.807) is 5.56 Å². The molecule has 0 spiro atoms. The van der Waals surface area contributed by atoms with Crippen molar-refractivity contribution in [1.29, 1.82) is 0 Å². The first kappa shape index (κ1) is 27.4. The molecule has 0 aliphatic heterocycles. The fourth-order valence-corrected chi connectivity index (χ4v) is 5.67. The maximum atomic E-state index is 2.51. The van der Waals surface area contributed by atoms with Crippen molar-refractivity contribution in [1.82, 2.24) is 0 Å². The summed E-state index contributed by atoms with van der Waals surface area (Å²) < 4.78 is 1.40. The molecule has 3 rings (SSSR count). The Labute approximate surface area is 227 Å². The van der Waals surface area contributed by atoms with Gasteiger partial charge in [0.2, 0.25) is 0 Å². The summed E-state index contributed by atoms with van der Waals surface area (Å²) in [7, 11) is 0. The summed E-state index contributed by atoms with van der Waals surface area (Å²) in [6.07, 6.45) is 4.76. The zero-order valence-electron chi connectivity index (χ0n) is 22.9. The van der Waals surface area contributed by atoms with E-state index < -0.39 is 0 Å². The van der Waals surface area contributed by atoms with Crippen LogP contribution in [0.15, 0.2) is 66.7 Å². The first-order valence-electron chi connectivity index (χ1n) is 13.4. The summed E-state index contributed by atoms with van der Waals surface area (Å²) in [5, 5.41) is 0. The molecule has 170 valence electrons. The number of hydrogen-bond acceptors (Lipinski definition) is 0. The van der Waals surface area contributed by atoms with Gasteiger partial charge in [0, 0.05) is 0 Å². The van der Waals surface area contributed by atoms with E-state index in [9.17, 15) is 0 Å². The van der Waals surface area contributed by atoms with E-state index in [2.05, 4.69) is 144 Å². The van der Waals surface area contributed by atoms with Crippen LogP contribution in [0.25, 0.3) is 0 Å². The molecule has 0 nitrogen and oxygen atoms in total. The van der Waals surface area contributed by atoms with Crippen molar-refractivity contribution in [2.45, 2.75) is 77.2 Å². The van der Waals surface area contributed by atoms with Crippen molar-refractivity contribution in [3.63, 3.8) is 0 Å². The Morgan fingerprint density at radius 2 is 1.32 bits per heavy atom. The summed E-state index contributed by atoms with van der Waals surface area (Å²) >= 11 is 4.84. The molecule has 0 N–H and O–H groups in total. The van der Waals surface area contributed by atoms with Gasteiger partial charge in [-0.2, -0.15) is 0 Å². The van der Waals surface area contributed by atoms with Crippen LogP contribution < -0.4 is 4.24 Å². The van der Waals surface area contributed by atoms with E-state index in [4.69, 9.17) is 0 Å². The first-order valence-corrected chi connectivity index (χ1v) is 13.4. The van der Waals surface area contributed by atoms with E-state index >= 15 is 0 Å². The zero-order chi connectivity index (χ0) is 24.9. The molecular weight excluding hydrogens is 398 g/mol. The molecule has 4 atom stereocenters. The number of aryl methyl sites for hydroxylation is 2. The predicted molar refractivity (Wildman–Crippen MR) is 151 cm³/mol. The molecule has 3 aromatic carbocycles. The van der Waals surface area contributed by atoms with Crippen molar-refractivity contribution in [3.05, 3.63) is 100 Å². The van der Waals surface area contributed by atoms with Gasteiger partial charge >= 0.3 is 229 Å². The van der Waals surface area contributed by atoms with Gasteiger partial charge in [0.15, 0.2) is 0 Å². The van der Waals surface area contributed by atoms with Crippen LogP contribution in [-0.2, 0) is 4.09 Å². The summed E-state index contributed by atoms with van der Waals surface area (Å²) in [4.78, 5) is 0. The molecule has 0 aliphatic carbocycles. The van der Waals surface area contributed by atoms with Crippen LogP contribution in [0, 0.1) is 25.7 Å². The van der Waals surface area contributed by atoms with Gasteiger partial charge in [-0.15, -0.1) is 0 Å². The van der Waals surface area contributed by atoms with Crippen LogP contribution in [0.3, 0.4) is 0 Å². The van der Waals surface area contributed by atoms with Crippen LogP contribution in [-0.4, -0.2) is 35.4 Å². The normalized spacial score (nSPS) is 16.1. The molecule has 0 heterocycles. The van der Waals surface area contributed by atoms with Gasteiger partial charge < -0.3 is 0 Å². The molecule has 3 aromatic rings. The Balaban J connectivity index is 2.27. The molecule has 2 heteroatoms. The van der Waals surface area contributed by atoms with Crippen LogP contribution in [0.4, 0.5) is 0 Å². The molecule has 34 heavy (non-hydrogen) atoms. The standard InChI is InChI=1S/C32H40.2Li/c1-7-23(3)21-31(27-17-13-25(5)14-18-27)29-11-9-10-12-30(29)32(22-24(4)8-2)28-19-15-26(6)16-20-28;;/h9-11,13-20,23-24,31H,7-8,21-22H2,1-6H3;;. The predicted octanol–water partition coefficient (Wildman–Crippen LogP) is 7.51. The topological polar surface area (TPSA) is 0 Å². The molecule has 0 fully saturated rings. The quantitative estimate of drug-likeness (QED) is 0.287. The van der Waals surface area contributed by atoms with Crippen molar-refractivity contribution in [2.24, 2.45) is 11.8 Å². The molecule has 0 aliphatic rings. The van der Waals surface area contributed by atoms with E-state index in [0.717, 1.165) is 6.42 Å². The molecule has 4 unspecified atom stereocenters. The van der Waals surface area contributed by atoms with Gasteiger partial charge in [0.1, 0.15) is 0 Å². The Morgan fingerprint density at radius 3 is 1.88 bits per heavy atom. The van der Waals surface area contributed by atoms with Crippen LogP contribution in [0.5, 0.6) is 0 Å². The fraction of sp³-hybridized carbons (Fsp3) is 0.438. The summed E-state index contributed by atoms with van der Waals surface area (Å²) in [5.74, 6) is 1.75. The number of rotatable bonds is 10. The Morgan fingerprint density at radius 1 is 0.765 bits per heavy atom. The molecule has 0 saturated heterocycles.